The molecule has 7 rings (SSSR count). The molecular weight excluding hydrogens is 1050 g/mol. The van der Waals surface area contributed by atoms with Gasteiger partial charge in [0.1, 0.15) is 18.1 Å². The van der Waals surface area contributed by atoms with Crippen LogP contribution in [-0.2, 0) is 63.1 Å². The average molecular weight is 1120 g/mol. The molecule has 3 aromatic carbocycles. The van der Waals surface area contributed by atoms with Crippen LogP contribution in [0.5, 0.6) is 17.5 Å². The minimum absolute atomic E-state index is 0.110. The molecule has 4 aromatic rings. The number of benzene rings is 3. The van der Waals surface area contributed by atoms with Crippen LogP contribution < -0.4 is 14.5 Å². The lowest BCUT2D eigenvalue weighted by Gasteiger charge is -2.44. The molecule has 0 spiro atoms. The van der Waals surface area contributed by atoms with Crippen LogP contribution in [0.25, 0.3) is 16.9 Å². The van der Waals surface area contributed by atoms with Gasteiger partial charge in [-0.15, -0.1) is 4.73 Å². The van der Waals surface area contributed by atoms with Crippen LogP contribution in [0.3, 0.4) is 0 Å². The van der Waals surface area contributed by atoms with Gasteiger partial charge < -0.3 is 53.1 Å². The molecule has 3 aliphatic rings. The van der Waals surface area contributed by atoms with Gasteiger partial charge >= 0.3 is 5.97 Å². The number of rotatable bonds is 31. The average Bonchev–Trinajstić information content (AvgIpc) is 4.01. The van der Waals surface area contributed by atoms with Gasteiger partial charge in [0.25, 0.3) is 20.2 Å². The molecule has 1 unspecified atom stereocenters. The van der Waals surface area contributed by atoms with Crippen molar-refractivity contribution in [1.82, 2.24) is 4.73 Å². The number of aromatic nitrogens is 1. The molecule has 1 atom stereocenters. The zero-order chi connectivity index (χ0) is 56.1. The third-order valence-corrected chi connectivity index (χ3v) is 15.9. The first-order valence-electron chi connectivity index (χ1n) is 25.8. The van der Waals surface area contributed by atoms with Gasteiger partial charge in [0.15, 0.2) is 5.71 Å². The van der Waals surface area contributed by atoms with Crippen LogP contribution in [0.2, 0.25) is 0 Å². The Morgan fingerprint density at radius 3 is 1.97 bits per heavy atom. The van der Waals surface area contributed by atoms with Crippen molar-refractivity contribution in [2.24, 2.45) is 0 Å². The van der Waals surface area contributed by atoms with E-state index in [4.69, 9.17) is 42.2 Å². The van der Waals surface area contributed by atoms with E-state index in [0.717, 1.165) is 40.6 Å². The summed E-state index contributed by atoms with van der Waals surface area (Å²) in [7, 11) is -5.84. The van der Waals surface area contributed by atoms with E-state index in [-0.39, 0.29) is 42.9 Å². The third-order valence-electron chi connectivity index (χ3n) is 13.7. The quantitative estimate of drug-likeness (QED) is 0.0200. The molecule has 0 saturated heterocycles. The first-order valence-corrected chi connectivity index (χ1v) is 28.8. The number of hydrogen-bond acceptors (Lipinski definition) is 17. The molecule has 0 amide bonds. The topological polar surface area (TPSA) is 240 Å². The maximum atomic E-state index is 13.2. The Morgan fingerprint density at radius 2 is 1.37 bits per heavy atom. The Bertz CT molecular complexity index is 3080. The number of aromatic hydroxyl groups is 2. The summed E-state index contributed by atoms with van der Waals surface area (Å²) in [6.45, 7) is 14.0. The van der Waals surface area contributed by atoms with E-state index in [1.54, 1.807) is 13.2 Å². The summed E-state index contributed by atoms with van der Waals surface area (Å²) in [6, 6.07) is 20.4. The summed E-state index contributed by atoms with van der Waals surface area (Å²) in [5.74, 6) is -0.928. The van der Waals surface area contributed by atoms with Gasteiger partial charge in [-0.2, -0.15) is 21.4 Å². The van der Waals surface area contributed by atoms with E-state index >= 15 is 0 Å². The molecule has 0 saturated carbocycles. The van der Waals surface area contributed by atoms with E-state index in [0.29, 0.717) is 112 Å². The second kappa shape index (κ2) is 26.8. The van der Waals surface area contributed by atoms with E-state index < -0.39 is 48.9 Å². The highest BCUT2D eigenvalue weighted by Gasteiger charge is 2.49. The van der Waals surface area contributed by atoms with Crippen molar-refractivity contribution >= 4 is 60.2 Å². The molecule has 0 fully saturated rings. The zero-order valence-electron chi connectivity index (χ0n) is 45.1. The number of ether oxygens (including phenoxy) is 7. The minimum Gasteiger partial charge on any atom is -0.492 e. The van der Waals surface area contributed by atoms with Crippen LogP contribution in [0, 0.1) is 0 Å². The van der Waals surface area contributed by atoms with Crippen LogP contribution in [-0.4, -0.2) is 164 Å². The number of hydrogen-bond donors (Lipinski definition) is 3. The molecule has 0 radical (unpaired) electrons. The summed E-state index contributed by atoms with van der Waals surface area (Å²) in [5.41, 5.74) is 5.40. The fourth-order valence-corrected chi connectivity index (χ4v) is 11.0. The summed E-state index contributed by atoms with van der Waals surface area (Å²) in [6.07, 6.45) is 6.45. The molecular formula is C56H72N3O17S2+. The number of methoxy groups -OCH3 is 1. The summed E-state index contributed by atoms with van der Waals surface area (Å²) < 4.78 is 109. The number of nitrogens with zero attached hydrogens (tertiary/aromatic N) is 3. The molecule has 3 N–H and O–H groups in total. The van der Waals surface area contributed by atoms with Crippen molar-refractivity contribution in [3.8, 4) is 17.5 Å². The van der Waals surface area contributed by atoms with E-state index in [1.165, 1.54) is 24.3 Å². The lowest BCUT2D eigenvalue weighted by atomic mass is 9.74. The highest BCUT2D eigenvalue weighted by Crippen LogP contribution is 2.49. The predicted molar refractivity (Wildman–Crippen MR) is 293 cm³/mol. The Labute approximate surface area is 456 Å². The molecule has 1 aromatic heterocycles. The van der Waals surface area contributed by atoms with Gasteiger partial charge in [-0.05, 0) is 76.0 Å². The SMILES string of the molecule is COCCOCCOCCOCCOCCOCCN1c2cc3c(cc2C(C)=CC1(C)C)C(=CC1=[N+](CCCS(=O)(=O)OC)c2ccc(S(=O)(=O)O)cc2C1(C)CCCC(=O)On1c(O)ccc1O)C=C(c1ccccc1)O3. The first-order chi connectivity index (χ1) is 37.3. The Kier molecular flexibility index (Phi) is 20.5. The third kappa shape index (κ3) is 15.0. The van der Waals surface area contributed by atoms with Gasteiger partial charge in [0.05, 0.1) is 101 Å². The zero-order valence-corrected chi connectivity index (χ0v) is 46.7. The standard InChI is InChI=1S/C56H71N3O17S2/c1-40-39-55(2,3)58(21-22-70-25-26-72-29-30-74-32-31-73-28-27-71-24-23-68-5)48-38-50-45(37-44(40)48)42(34-49(75-50)41-12-8-7-9-13-41)35-51-56(4,19-10-14-54(62)76-59-52(60)17-18-53(59)61)46-36-43(78(65,66)67)15-16-47(46)57(51)20-11-33-77(63,64)69-6/h7-9,12-13,15-18,34-39H,10-11,14,19-33H2,1-6H3,(H2-,60,61,65,66,67)/p+1. The Morgan fingerprint density at radius 1 is 0.756 bits per heavy atom. The van der Waals surface area contributed by atoms with Crippen molar-refractivity contribution in [3.63, 3.8) is 0 Å². The summed E-state index contributed by atoms with van der Waals surface area (Å²) >= 11 is 0. The molecule has 0 aliphatic carbocycles. The normalized spacial score (nSPS) is 17.4. The number of anilines is 1. The number of carbonyl (C=O) groups excluding carboxylic acids is 1. The van der Waals surface area contributed by atoms with Gasteiger partial charge in [0.2, 0.25) is 17.4 Å². The molecule has 22 heteroatoms. The fraction of sp³-hybridized carbons (Fsp3) is 0.464. The van der Waals surface area contributed by atoms with Crippen LogP contribution in [0.4, 0.5) is 11.4 Å². The van der Waals surface area contributed by atoms with Gasteiger partial charge in [-0.25, -0.2) is 4.79 Å². The summed E-state index contributed by atoms with van der Waals surface area (Å²) in [4.78, 5) is 20.4. The Hall–Kier alpha value is -5.92. The maximum Gasteiger partial charge on any atom is 0.333 e. The smallest absolute Gasteiger partial charge is 0.333 e. The molecule has 0 bridgehead atoms. The molecule has 78 heavy (non-hydrogen) atoms. The highest BCUT2D eigenvalue weighted by molar-refractivity contribution is 7.86. The van der Waals surface area contributed by atoms with Crippen LogP contribution in [0.1, 0.15) is 75.6 Å². The minimum atomic E-state index is -4.70. The summed E-state index contributed by atoms with van der Waals surface area (Å²) in [5, 5.41) is 20.3. The monoisotopic (exact) mass is 1120 g/mol. The molecule has 20 nitrogen and oxygen atoms in total. The largest absolute Gasteiger partial charge is 0.492 e. The number of fused-ring (bicyclic) bond motifs is 3. The fourth-order valence-electron chi connectivity index (χ4n) is 9.85. The Balaban J connectivity index is 1.18. The van der Waals surface area contributed by atoms with Gasteiger partial charge in [-0.1, -0.05) is 36.4 Å². The van der Waals surface area contributed by atoms with Crippen molar-refractivity contribution in [2.75, 3.05) is 111 Å². The lowest BCUT2D eigenvalue weighted by Crippen LogP contribution is -2.47. The molecule has 3 aliphatic heterocycles. The van der Waals surface area contributed by atoms with Gasteiger partial charge in [0, 0.05) is 84.8 Å². The van der Waals surface area contributed by atoms with Crippen molar-refractivity contribution in [3.05, 3.63) is 113 Å². The molecule has 424 valence electrons. The van der Waals surface area contributed by atoms with Crippen molar-refractivity contribution in [1.29, 1.82) is 0 Å². The van der Waals surface area contributed by atoms with E-state index in [2.05, 4.69) is 37.8 Å². The second-order valence-electron chi connectivity index (χ2n) is 19.6. The number of carbonyl (C=O) groups is 1. The highest BCUT2D eigenvalue weighted by atomic mass is 32.2. The van der Waals surface area contributed by atoms with Crippen molar-refractivity contribution < 1.29 is 83.2 Å². The van der Waals surface area contributed by atoms with Gasteiger partial charge in [-0.3, -0.25) is 8.74 Å². The van der Waals surface area contributed by atoms with E-state index in [1.807, 2.05) is 60.0 Å². The predicted octanol–water partition coefficient (Wildman–Crippen LogP) is 6.94. The second-order valence-corrected chi connectivity index (χ2v) is 22.9. The van der Waals surface area contributed by atoms with Crippen LogP contribution >= 0.6 is 0 Å². The maximum absolute atomic E-state index is 13.2. The lowest BCUT2D eigenvalue weighted by molar-refractivity contribution is -0.437. The number of allylic oxidation sites excluding steroid dienone is 4. The first kappa shape index (κ1) is 59.7. The van der Waals surface area contributed by atoms with Crippen molar-refractivity contribution in [2.45, 2.75) is 69.2 Å². The molecule has 4 heterocycles. The van der Waals surface area contributed by atoms with E-state index in [9.17, 15) is 36.4 Å². The van der Waals surface area contributed by atoms with Crippen LogP contribution in [0.15, 0.2) is 95.9 Å².